The molecule has 1 fully saturated rings. The third-order valence-corrected chi connectivity index (χ3v) is 2.35. The van der Waals surface area contributed by atoms with E-state index >= 15 is 0 Å². The molecule has 0 aromatic heterocycles. The highest BCUT2D eigenvalue weighted by Crippen LogP contribution is 2.28. The molecule has 1 aliphatic rings. The van der Waals surface area contributed by atoms with Crippen LogP contribution in [0.25, 0.3) is 0 Å². The zero-order valence-corrected chi connectivity index (χ0v) is 7.68. The summed E-state index contributed by atoms with van der Waals surface area (Å²) in [6.07, 6.45) is 8.51. The van der Waals surface area contributed by atoms with Crippen molar-refractivity contribution in [1.82, 2.24) is 0 Å². The molecule has 0 aromatic rings. The van der Waals surface area contributed by atoms with Crippen molar-refractivity contribution in [2.75, 3.05) is 0 Å². The molecule has 12 heavy (non-hydrogen) atoms. The smallest absolute Gasteiger partial charge is 0.152 e. The Labute approximate surface area is 74.2 Å². The first-order valence-electron chi connectivity index (χ1n) is 4.56. The van der Waals surface area contributed by atoms with Gasteiger partial charge in [-0.3, -0.25) is 4.79 Å². The van der Waals surface area contributed by atoms with Gasteiger partial charge in [0.15, 0.2) is 5.78 Å². The molecule has 0 bridgehead atoms. The Morgan fingerprint density at radius 3 is 2.92 bits per heavy atom. The van der Waals surface area contributed by atoms with Crippen molar-refractivity contribution in [1.29, 1.82) is 0 Å². The molecule has 0 spiro atoms. The van der Waals surface area contributed by atoms with E-state index in [1.54, 1.807) is 13.0 Å². The van der Waals surface area contributed by atoms with Crippen molar-refractivity contribution >= 4 is 5.78 Å². The van der Waals surface area contributed by atoms with Crippen molar-refractivity contribution in [2.45, 2.75) is 32.6 Å². The summed E-state index contributed by atoms with van der Waals surface area (Å²) in [5.74, 6) is 0.594. The number of hydrogen-bond acceptors (Lipinski definition) is 1. The second-order valence-corrected chi connectivity index (χ2v) is 3.48. The molecule has 1 aliphatic carbocycles. The summed E-state index contributed by atoms with van der Waals surface area (Å²) in [6, 6.07) is 0. The number of rotatable bonds is 2. The van der Waals surface area contributed by atoms with Crippen LogP contribution in [0.3, 0.4) is 0 Å². The SMILES string of the molecule is C=C1CCCCC1/C=C/C(C)=O. The second-order valence-electron chi connectivity index (χ2n) is 3.48. The fourth-order valence-electron chi connectivity index (χ4n) is 1.59. The first-order chi connectivity index (χ1) is 5.70. The zero-order valence-electron chi connectivity index (χ0n) is 7.68. The Morgan fingerprint density at radius 1 is 1.58 bits per heavy atom. The Morgan fingerprint density at radius 2 is 2.33 bits per heavy atom. The topological polar surface area (TPSA) is 17.1 Å². The van der Waals surface area contributed by atoms with Gasteiger partial charge in [-0.05, 0) is 38.2 Å². The van der Waals surface area contributed by atoms with Crippen LogP contribution < -0.4 is 0 Å². The van der Waals surface area contributed by atoms with Crippen LogP contribution >= 0.6 is 0 Å². The van der Waals surface area contributed by atoms with E-state index in [4.69, 9.17) is 0 Å². The predicted octanol–water partition coefficient (Wildman–Crippen LogP) is 2.88. The van der Waals surface area contributed by atoms with Gasteiger partial charge in [-0.1, -0.05) is 24.6 Å². The van der Waals surface area contributed by atoms with Crippen molar-refractivity contribution in [3.8, 4) is 0 Å². The molecule has 0 N–H and O–H groups in total. The van der Waals surface area contributed by atoms with E-state index in [9.17, 15) is 4.79 Å². The molecule has 0 amide bonds. The minimum Gasteiger partial charge on any atom is -0.295 e. The lowest BCUT2D eigenvalue weighted by atomic mass is 9.85. The van der Waals surface area contributed by atoms with E-state index in [1.807, 2.05) is 6.08 Å². The molecule has 1 heteroatoms. The first-order valence-corrected chi connectivity index (χ1v) is 4.56. The van der Waals surface area contributed by atoms with Crippen molar-refractivity contribution in [2.24, 2.45) is 5.92 Å². The fourth-order valence-corrected chi connectivity index (χ4v) is 1.59. The Kier molecular flexibility index (Phi) is 3.27. The summed E-state index contributed by atoms with van der Waals surface area (Å²) in [6.45, 7) is 5.60. The fraction of sp³-hybridized carbons (Fsp3) is 0.545. The van der Waals surface area contributed by atoms with Gasteiger partial charge in [-0.2, -0.15) is 0 Å². The van der Waals surface area contributed by atoms with Crippen LogP contribution in [-0.2, 0) is 4.79 Å². The highest BCUT2D eigenvalue weighted by Gasteiger charge is 2.13. The lowest BCUT2D eigenvalue weighted by molar-refractivity contribution is -0.112. The maximum absolute atomic E-state index is 10.7. The van der Waals surface area contributed by atoms with Gasteiger partial charge < -0.3 is 0 Å². The summed E-state index contributed by atoms with van der Waals surface area (Å²) in [4.78, 5) is 10.7. The van der Waals surface area contributed by atoms with E-state index < -0.39 is 0 Å². The molecular formula is C11H16O. The normalized spacial score (nSPS) is 24.8. The zero-order chi connectivity index (χ0) is 8.97. The third-order valence-electron chi connectivity index (χ3n) is 2.35. The van der Waals surface area contributed by atoms with Crippen molar-refractivity contribution < 1.29 is 4.79 Å². The van der Waals surface area contributed by atoms with Crippen LogP contribution in [0.2, 0.25) is 0 Å². The van der Waals surface area contributed by atoms with Gasteiger partial charge in [-0.25, -0.2) is 0 Å². The van der Waals surface area contributed by atoms with E-state index in [-0.39, 0.29) is 5.78 Å². The molecule has 1 saturated carbocycles. The number of carbonyl (C=O) groups is 1. The van der Waals surface area contributed by atoms with Gasteiger partial charge in [0.1, 0.15) is 0 Å². The number of hydrogen-bond donors (Lipinski definition) is 0. The first kappa shape index (κ1) is 9.24. The van der Waals surface area contributed by atoms with Crippen LogP contribution in [-0.4, -0.2) is 5.78 Å². The average molecular weight is 164 g/mol. The second kappa shape index (κ2) is 4.24. The summed E-state index contributed by atoms with van der Waals surface area (Å²) in [5.41, 5.74) is 1.29. The van der Waals surface area contributed by atoms with Crippen LogP contribution in [0.15, 0.2) is 24.3 Å². The van der Waals surface area contributed by atoms with E-state index in [1.165, 1.54) is 24.8 Å². The molecule has 0 saturated heterocycles. The molecular weight excluding hydrogens is 148 g/mol. The van der Waals surface area contributed by atoms with Gasteiger partial charge in [-0.15, -0.1) is 0 Å². The van der Waals surface area contributed by atoms with E-state index in [0.717, 1.165) is 6.42 Å². The number of carbonyl (C=O) groups excluding carboxylic acids is 1. The molecule has 0 aliphatic heterocycles. The van der Waals surface area contributed by atoms with Crippen molar-refractivity contribution in [3.63, 3.8) is 0 Å². The summed E-state index contributed by atoms with van der Waals surface area (Å²) < 4.78 is 0. The molecule has 1 atom stereocenters. The van der Waals surface area contributed by atoms with E-state index in [0.29, 0.717) is 5.92 Å². The summed E-state index contributed by atoms with van der Waals surface area (Å²) in [5, 5.41) is 0. The minimum absolute atomic E-state index is 0.133. The predicted molar refractivity (Wildman–Crippen MR) is 50.9 cm³/mol. The quantitative estimate of drug-likeness (QED) is 0.453. The number of allylic oxidation sites excluding steroid dienone is 3. The summed E-state index contributed by atoms with van der Waals surface area (Å²) in [7, 11) is 0. The maximum Gasteiger partial charge on any atom is 0.152 e. The Balaban J connectivity index is 2.49. The van der Waals surface area contributed by atoms with Crippen LogP contribution in [0.4, 0.5) is 0 Å². The Hall–Kier alpha value is -0.850. The van der Waals surface area contributed by atoms with Gasteiger partial charge in [0.05, 0.1) is 0 Å². The van der Waals surface area contributed by atoms with Gasteiger partial charge in [0.25, 0.3) is 0 Å². The highest BCUT2D eigenvalue weighted by atomic mass is 16.1. The van der Waals surface area contributed by atoms with Crippen LogP contribution in [0.5, 0.6) is 0 Å². The molecule has 0 radical (unpaired) electrons. The minimum atomic E-state index is 0.133. The van der Waals surface area contributed by atoms with Gasteiger partial charge in [0.2, 0.25) is 0 Å². The average Bonchev–Trinajstić information content (AvgIpc) is 2.03. The molecule has 66 valence electrons. The molecule has 1 rings (SSSR count). The Bertz CT molecular complexity index is 213. The lowest BCUT2D eigenvalue weighted by Gasteiger charge is -2.20. The van der Waals surface area contributed by atoms with Crippen LogP contribution in [0, 0.1) is 5.92 Å². The monoisotopic (exact) mass is 164 g/mol. The van der Waals surface area contributed by atoms with E-state index in [2.05, 4.69) is 6.58 Å². The van der Waals surface area contributed by atoms with Crippen molar-refractivity contribution in [3.05, 3.63) is 24.3 Å². The number of ketones is 1. The molecule has 1 nitrogen and oxygen atoms in total. The van der Waals surface area contributed by atoms with Gasteiger partial charge >= 0.3 is 0 Å². The molecule has 0 heterocycles. The standard InChI is InChI=1S/C11H16O/c1-9-5-3-4-6-11(9)8-7-10(2)12/h7-8,11H,1,3-6H2,2H3/b8-7+. The van der Waals surface area contributed by atoms with Gasteiger partial charge in [0, 0.05) is 0 Å². The maximum atomic E-state index is 10.7. The summed E-state index contributed by atoms with van der Waals surface area (Å²) >= 11 is 0. The third kappa shape index (κ3) is 2.65. The largest absolute Gasteiger partial charge is 0.295 e. The highest BCUT2D eigenvalue weighted by molar-refractivity contribution is 5.87. The molecule has 0 aromatic carbocycles. The lowest BCUT2D eigenvalue weighted by Crippen LogP contribution is -2.06. The van der Waals surface area contributed by atoms with Crippen LogP contribution in [0.1, 0.15) is 32.6 Å². The molecule has 1 unspecified atom stereocenters.